The molecule has 6 heteroatoms. The molecule has 2 rings (SSSR count). The Balaban J connectivity index is 1.83. The second kappa shape index (κ2) is 8.39. The summed E-state index contributed by atoms with van der Waals surface area (Å²) in [6.45, 7) is 12.7. The van der Waals surface area contributed by atoms with E-state index in [1.54, 1.807) is 0 Å². The zero-order chi connectivity index (χ0) is 18.5. The maximum Gasteiger partial charge on any atom is 0.225 e. The Bertz CT molecular complexity index is 480. The molecule has 1 spiro atoms. The van der Waals surface area contributed by atoms with E-state index in [2.05, 4.69) is 34.8 Å². The summed E-state index contributed by atoms with van der Waals surface area (Å²) in [5.41, 5.74) is -0.0457. The summed E-state index contributed by atoms with van der Waals surface area (Å²) in [4.78, 5) is 16.5. The van der Waals surface area contributed by atoms with Crippen LogP contribution in [0.4, 0.5) is 0 Å². The zero-order valence-electron chi connectivity index (χ0n) is 16.6. The van der Waals surface area contributed by atoms with Crippen molar-refractivity contribution in [3.8, 4) is 0 Å². The van der Waals surface area contributed by atoms with Crippen LogP contribution >= 0.6 is 0 Å². The first-order valence-electron chi connectivity index (χ1n) is 9.78. The first-order chi connectivity index (χ1) is 11.8. The molecule has 0 aromatic rings. The van der Waals surface area contributed by atoms with E-state index in [1.165, 1.54) is 19.3 Å². The number of nitrogens with one attached hydrogen (secondary N) is 3. The average Bonchev–Trinajstić information content (AvgIpc) is 2.47. The fourth-order valence-electron chi connectivity index (χ4n) is 3.73. The van der Waals surface area contributed by atoms with E-state index >= 15 is 0 Å². The van der Waals surface area contributed by atoms with Gasteiger partial charge in [0.15, 0.2) is 5.96 Å². The van der Waals surface area contributed by atoms with Gasteiger partial charge in [-0.25, -0.2) is 0 Å². The average molecular weight is 353 g/mol. The normalized spacial score (nSPS) is 25.1. The lowest BCUT2D eigenvalue weighted by molar-refractivity contribution is -0.168. The van der Waals surface area contributed by atoms with Gasteiger partial charge in [0.1, 0.15) is 0 Å². The quantitative estimate of drug-likeness (QED) is 0.372. The monoisotopic (exact) mass is 352 g/mol. The van der Waals surface area contributed by atoms with Crippen molar-refractivity contribution in [3.05, 3.63) is 0 Å². The third kappa shape index (κ3) is 4.66. The van der Waals surface area contributed by atoms with E-state index in [1.807, 2.05) is 20.8 Å². The molecule has 0 radical (unpaired) electrons. The number of hydrogen-bond acceptors (Lipinski definition) is 3. The van der Waals surface area contributed by atoms with Crippen LogP contribution in [-0.2, 0) is 9.53 Å². The van der Waals surface area contributed by atoms with Crippen LogP contribution in [0.15, 0.2) is 4.99 Å². The minimum atomic E-state index is -0.358. The number of rotatable bonds is 7. The van der Waals surface area contributed by atoms with Crippen molar-refractivity contribution in [2.75, 3.05) is 26.2 Å². The minimum Gasteiger partial charge on any atom is -0.378 e. The predicted octanol–water partition coefficient (Wildman–Crippen LogP) is 2.05. The Morgan fingerprint density at radius 2 is 1.96 bits per heavy atom. The number of amides is 1. The second-order valence-corrected chi connectivity index (χ2v) is 8.23. The van der Waals surface area contributed by atoms with E-state index in [0.29, 0.717) is 30.7 Å². The van der Waals surface area contributed by atoms with E-state index in [0.717, 1.165) is 25.5 Å². The van der Waals surface area contributed by atoms with Gasteiger partial charge in [-0.2, -0.15) is 0 Å². The van der Waals surface area contributed by atoms with Crippen LogP contribution in [0.2, 0.25) is 0 Å². The summed E-state index contributed by atoms with van der Waals surface area (Å²) in [5, 5.41) is 9.86. The van der Waals surface area contributed by atoms with Crippen LogP contribution in [0.5, 0.6) is 0 Å². The van der Waals surface area contributed by atoms with Crippen LogP contribution < -0.4 is 16.0 Å². The first kappa shape index (κ1) is 20.0. The lowest BCUT2D eigenvalue weighted by Gasteiger charge is -2.61. The Kier molecular flexibility index (Phi) is 6.72. The van der Waals surface area contributed by atoms with Crippen molar-refractivity contribution in [2.45, 2.75) is 72.4 Å². The van der Waals surface area contributed by atoms with Crippen molar-refractivity contribution in [2.24, 2.45) is 15.8 Å². The molecule has 2 saturated carbocycles. The molecule has 0 saturated heterocycles. The van der Waals surface area contributed by atoms with Crippen LogP contribution in [0.1, 0.15) is 60.3 Å². The standard InChI is InChI=1S/C19H36N4O2/c1-6-20-17(22-12-11-21-16(24)18(3,4)5)23-14-13-15(25-7-2)19(14)9-8-10-19/h14-15H,6-13H2,1-5H3,(H,21,24)(H2,20,22,23). The van der Waals surface area contributed by atoms with Crippen LogP contribution in [0.3, 0.4) is 0 Å². The van der Waals surface area contributed by atoms with E-state index in [9.17, 15) is 4.79 Å². The summed E-state index contributed by atoms with van der Waals surface area (Å²) in [6, 6.07) is 0.444. The molecular weight excluding hydrogens is 316 g/mol. The maximum absolute atomic E-state index is 11.9. The molecule has 0 bridgehead atoms. The molecule has 3 N–H and O–H groups in total. The van der Waals surface area contributed by atoms with Gasteiger partial charge in [-0.15, -0.1) is 0 Å². The summed E-state index contributed by atoms with van der Waals surface area (Å²) in [5.74, 6) is 0.909. The Morgan fingerprint density at radius 1 is 1.24 bits per heavy atom. The van der Waals surface area contributed by atoms with Gasteiger partial charge in [0.2, 0.25) is 5.91 Å². The lowest BCUT2D eigenvalue weighted by Crippen LogP contribution is -2.68. The van der Waals surface area contributed by atoms with Gasteiger partial charge < -0.3 is 20.7 Å². The van der Waals surface area contributed by atoms with Gasteiger partial charge in [0, 0.05) is 36.6 Å². The van der Waals surface area contributed by atoms with Crippen LogP contribution in [0.25, 0.3) is 0 Å². The fourth-order valence-corrected chi connectivity index (χ4v) is 3.73. The van der Waals surface area contributed by atoms with Crippen molar-refractivity contribution in [1.29, 1.82) is 0 Å². The molecule has 2 aliphatic carbocycles. The van der Waals surface area contributed by atoms with Crippen molar-refractivity contribution < 1.29 is 9.53 Å². The fraction of sp³-hybridized carbons (Fsp3) is 0.895. The number of aliphatic imine (C=N–C) groups is 1. The number of carbonyl (C=O) groups excluding carboxylic acids is 1. The highest BCUT2D eigenvalue weighted by atomic mass is 16.5. The number of hydrogen-bond donors (Lipinski definition) is 3. The number of carbonyl (C=O) groups is 1. The number of nitrogens with zero attached hydrogens (tertiary/aromatic N) is 1. The van der Waals surface area contributed by atoms with Crippen molar-refractivity contribution >= 4 is 11.9 Å². The number of ether oxygens (including phenoxy) is 1. The predicted molar refractivity (Wildman–Crippen MR) is 102 cm³/mol. The second-order valence-electron chi connectivity index (χ2n) is 8.23. The van der Waals surface area contributed by atoms with Crippen LogP contribution in [-0.4, -0.2) is 50.3 Å². The smallest absolute Gasteiger partial charge is 0.225 e. The van der Waals surface area contributed by atoms with Gasteiger partial charge in [-0.1, -0.05) is 27.2 Å². The van der Waals surface area contributed by atoms with E-state index in [-0.39, 0.29) is 11.3 Å². The number of guanidine groups is 1. The molecule has 2 unspecified atom stereocenters. The SMILES string of the molecule is CCNC(=NCCNC(=O)C(C)(C)C)NC1CC(OCC)C12CCC2. The maximum atomic E-state index is 11.9. The molecule has 0 aliphatic heterocycles. The summed E-state index contributed by atoms with van der Waals surface area (Å²) < 4.78 is 5.92. The molecule has 0 heterocycles. The third-order valence-corrected chi connectivity index (χ3v) is 5.44. The highest BCUT2D eigenvalue weighted by Gasteiger charge is 2.59. The van der Waals surface area contributed by atoms with Gasteiger partial charge in [-0.3, -0.25) is 9.79 Å². The molecule has 6 nitrogen and oxygen atoms in total. The molecule has 2 atom stereocenters. The van der Waals surface area contributed by atoms with Crippen LogP contribution in [0, 0.1) is 10.8 Å². The van der Waals surface area contributed by atoms with Gasteiger partial charge in [0.25, 0.3) is 0 Å². The van der Waals surface area contributed by atoms with Gasteiger partial charge in [-0.05, 0) is 33.1 Å². The van der Waals surface area contributed by atoms with E-state index in [4.69, 9.17) is 4.74 Å². The molecule has 2 fully saturated rings. The topological polar surface area (TPSA) is 74.8 Å². The molecule has 144 valence electrons. The molecule has 25 heavy (non-hydrogen) atoms. The highest BCUT2D eigenvalue weighted by molar-refractivity contribution is 5.82. The summed E-state index contributed by atoms with van der Waals surface area (Å²) in [7, 11) is 0. The minimum absolute atomic E-state index is 0.0626. The third-order valence-electron chi connectivity index (χ3n) is 5.44. The molecule has 0 aromatic carbocycles. The zero-order valence-corrected chi connectivity index (χ0v) is 16.6. The Labute approximate surface area is 152 Å². The summed E-state index contributed by atoms with van der Waals surface area (Å²) in [6.07, 6.45) is 5.25. The lowest BCUT2D eigenvalue weighted by atomic mass is 9.51. The molecular formula is C19H36N4O2. The van der Waals surface area contributed by atoms with Crippen molar-refractivity contribution in [1.82, 2.24) is 16.0 Å². The molecule has 0 aromatic heterocycles. The Hall–Kier alpha value is -1.30. The van der Waals surface area contributed by atoms with Crippen molar-refractivity contribution in [3.63, 3.8) is 0 Å². The largest absolute Gasteiger partial charge is 0.378 e. The first-order valence-corrected chi connectivity index (χ1v) is 9.78. The Morgan fingerprint density at radius 3 is 2.48 bits per heavy atom. The summed E-state index contributed by atoms with van der Waals surface area (Å²) >= 11 is 0. The van der Waals surface area contributed by atoms with Gasteiger partial charge in [0.05, 0.1) is 12.6 Å². The van der Waals surface area contributed by atoms with E-state index < -0.39 is 0 Å². The molecule has 1 amide bonds. The highest BCUT2D eigenvalue weighted by Crippen LogP contribution is 2.57. The molecule has 2 aliphatic rings. The van der Waals surface area contributed by atoms with Gasteiger partial charge >= 0.3 is 0 Å².